The van der Waals surface area contributed by atoms with Crippen molar-refractivity contribution in [3.8, 4) is 0 Å². The highest BCUT2D eigenvalue weighted by Gasteiger charge is 2.28. The molecule has 2 N–H and O–H groups in total. The Morgan fingerprint density at radius 1 is 1.36 bits per heavy atom. The number of urea groups is 1. The molecule has 1 unspecified atom stereocenters. The number of aromatic nitrogens is 1. The third-order valence-corrected chi connectivity index (χ3v) is 5.14. The van der Waals surface area contributed by atoms with Crippen LogP contribution in [0.1, 0.15) is 27.3 Å². The second-order valence-corrected chi connectivity index (χ2v) is 7.19. The summed E-state index contributed by atoms with van der Waals surface area (Å²) < 4.78 is 0. The third kappa shape index (κ3) is 4.79. The van der Waals surface area contributed by atoms with Gasteiger partial charge in [-0.25, -0.2) is 4.79 Å². The van der Waals surface area contributed by atoms with Crippen LogP contribution < -0.4 is 10.6 Å². The highest BCUT2D eigenvalue weighted by molar-refractivity contribution is 7.09. The molecule has 1 fully saturated rings. The van der Waals surface area contributed by atoms with Crippen molar-refractivity contribution in [2.75, 3.05) is 19.6 Å². The Kier molecular flexibility index (Phi) is 5.65. The molecule has 1 aliphatic rings. The minimum Gasteiger partial charge on any atom is -0.338 e. The largest absolute Gasteiger partial charge is 0.338 e. The van der Waals surface area contributed by atoms with E-state index in [-0.39, 0.29) is 18.0 Å². The molecule has 132 valence electrons. The lowest BCUT2D eigenvalue weighted by molar-refractivity contribution is 0.0789. The summed E-state index contributed by atoms with van der Waals surface area (Å²) in [7, 11) is 0. The van der Waals surface area contributed by atoms with Crippen LogP contribution in [0.3, 0.4) is 0 Å². The topological polar surface area (TPSA) is 74.3 Å². The van der Waals surface area contributed by atoms with Gasteiger partial charge in [0.15, 0.2) is 0 Å². The van der Waals surface area contributed by atoms with Gasteiger partial charge in [0.2, 0.25) is 0 Å². The molecule has 0 bridgehead atoms. The van der Waals surface area contributed by atoms with Crippen LogP contribution in [0.2, 0.25) is 0 Å². The molecule has 3 heterocycles. The van der Waals surface area contributed by atoms with Gasteiger partial charge >= 0.3 is 6.03 Å². The molecule has 0 spiro atoms. The predicted octanol–water partition coefficient (Wildman–Crippen LogP) is 2.21. The minimum absolute atomic E-state index is 0.0101. The Morgan fingerprint density at radius 3 is 2.96 bits per heavy atom. The maximum absolute atomic E-state index is 12.5. The molecule has 3 rings (SSSR count). The highest BCUT2D eigenvalue weighted by Crippen LogP contribution is 2.13. The van der Waals surface area contributed by atoms with Gasteiger partial charge in [0.25, 0.3) is 5.91 Å². The zero-order chi connectivity index (χ0) is 17.6. The molecule has 25 heavy (non-hydrogen) atoms. The smallest absolute Gasteiger partial charge is 0.315 e. The lowest BCUT2D eigenvalue weighted by Gasteiger charge is -2.17. The van der Waals surface area contributed by atoms with Gasteiger partial charge in [-0.15, -0.1) is 11.3 Å². The van der Waals surface area contributed by atoms with Gasteiger partial charge in [0, 0.05) is 42.4 Å². The zero-order valence-electron chi connectivity index (χ0n) is 14.2. The van der Waals surface area contributed by atoms with Crippen molar-refractivity contribution in [3.63, 3.8) is 0 Å². The van der Waals surface area contributed by atoms with Gasteiger partial charge < -0.3 is 15.5 Å². The van der Waals surface area contributed by atoms with E-state index >= 15 is 0 Å². The quantitative estimate of drug-likeness (QED) is 0.861. The average molecular weight is 358 g/mol. The summed E-state index contributed by atoms with van der Waals surface area (Å²) in [5, 5.41) is 7.85. The average Bonchev–Trinajstić information content (AvgIpc) is 3.27. The van der Waals surface area contributed by atoms with E-state index in [9.17, 15) is 9.59 Å². The monoisotopic (exact) mass is 358 g/mol. The van der Waals surface area contributed by atoms with Gasteiger partial charge in [-0.1, -0.05) is 6.07 Å². The summed E-state index contributed by atoms with van der Waals surface area (Å²) in [5.74, 6) is -0.0325. The molecule has 0 radical (unpaired) electrons. The van der Waals surface area contributed by atoms with Crippen molar-refractivity contribution < 1.29 is 9.59 Å². The molecule has 0 aromatic carbocycles. The van der Waals surface area contributed by atoms with Crippen molar-refractivity contribution in [1.29, 1.82) is 0 Å². The Hall–Kier alpha value is -2.41. The predicted molar refractivity (Wildman–Crippen MR) is 97.8 cm³/mol. The van der Waals surface area contributed by atoms with E-state index in [0.717, 1.165) is 18.5 Å². The molecule has 1 saturated heterocycles. The summed E-state index contributed by atoms with van der Waals surface area (Å²) in [5.41, 5.74) is 1.48. The summed E-state index contributed by atoms with van der Waals surface area (Å²) in [6.07, 6.45) is 3.21. The van der Waals surface area contributed by atoms with Gasteiger partial charge in [0.1, 0.15) is 0 Å². The number of hydrogen-bond donors (Lipinski definition) is 2. The van der Waals surface area contributed by atoms with Crippen molar-refractivity contribution in [3.05, 3.63) is 52.0 Å². The SMILES string of the molecule is Cc1ccc(C(=O)N2CCC(NC(=O)NCCc3cccs3)C2)cn1. The maximum atomic E-state index is 12.5. The molecule has 1 atom stereocenters. The Morgan fingerprint density at radius 2 is 2.24 bits per heavy atom. The lowest BCUT2D eigenvalue weighted by Crippen LogP contribution is -2.44. The third-order valence-electron chi connectivity index (χ3n) is 4.21. The van der Waals surface area contributed by atoms with Crippen LogP contribution in [0.25, 0.3) is 0 Å². The van der Waals surface area contributed by atoms with E-state index in [4.69, 9.17) is 0 Å². The van der Waals surface area contributed by atoms with Crippen LogP contribution in [0.5, 0.6) is 0 Å². The number of carbonyl (C=O) groups excluding carboxylic acids is 2. The second kappa shape index (κ2) is 8.11. The van der Waals surface area contributed by atoms with Crippen LogP contribution in [0.4, 0.5) is 4.79 Å². The molecular weight excluding hydrogens is 336 g/mol. The number of hydrogen-bond acceptors (Lipinski definition) is 4. The fourth-order valence-corrected chi connectivity index (χ4v) is 3.54. The first kappa shape index (κ1) is 17.4. The molecule has 0 saturated carbocycles. The lowest BCUT2D eigenvalue weighted by atomic mass is 10.2. The van der Waals surface area contributed by atoms with Gasteiger partial charge in [-0.05, 0) is 43.3 Å². The minimum atomic E-state index is -0.173. The molecule has 6 nitrogen and oxygen atoms in total. The van der Waals surface area contributed by atoms with Crippen LogP contribution in [-0.2, 0) is 6.42 Å². The van der Waals surface area contributed by atoms with E-state index in [1.807, 2.05) is 24.4 Å². The first-order valence-corrected chi connectivity index (χ1v) is 9.28. The fourth-order valence-electron chi connectivity index (χ4n) is 2.83. The number of nitrogens with zero attached hydrogens (tertiary/aromatic N) is 2. The molecule has 1 aliphatic heterocycles. The molecule has 2 aromatic heterocycles. The summed E-state index contributed by atoms with van der Waals surface area (Å²) in [4.78, 5) is 31.6. The summed E-state index contributed by atoms with van der Waals surface area (Å²) in [6, 6.07) is 7.51. The van der Waals surface area contributed by atoms with E-state index in [1.165, 1.54) is 4.88 Å². The van der Waals surface area contributed by atoms with E-state index < -0.39 is 0 Å². The molecule has 0 aliphatic carbocycles. The number of rotatable bonds is 5. The zero-order valence-corrected chi connectivity index (χ0v) is 15.0. The first-order valence-electron chi connectivity index (χ1n) is 8.40. The molecule has 2 aromatic rings. The van der Waals surface area contributed by atoms with Crippen molar-refractivity contribution in [2.45, 2.75) is 25.8 Å². The maximum Gasteiger partial charge on any atom is 0.315 e. The Balaban J connectivity index is 1.42. The number of nitrogens with one attached hydrogen (secondary N) is 2. The van der Waals surface area contributed by atoms with Crippen LogP contribution in [0.15, 0.2) is 35.8 Å². The normalized spacial score (nSPS) is 16.7. The van der Waals surface area contributed by atoms with E-state index in [1.54, 1.807) is 28.5 Å². The Bertz CT molecular complexity index is 715. The summed E-state index contributed by atoms with van der Waals surface area (Å²) >= 11 is 1.69. The number of aryl methyl sites for hydroxylation is 1. The number of thiophene rings is 1. The number of likely N-dealkylation sites (tertiary alicyclic amines) is 1. The van der Waals surface area contributed by atoms with E-state index in [0.29, 0.717) is 25.2 Å². The number of amides is 3. The highest BCUT2D eigenvalue weighted by atomic mass is 32.1. The van der Waals surface area contributed by atoms with Crippen molar-refractivity contribution in [1.82, 2.24) is 20.5 Å². The second-order valence-electron chi connectivity index (χ2n) is 6.15. The van der Waals surface area contributed by atoms with Crippen LogP contribution in [-0.4, -0.2) is 47.5 Å². The first-order chi connectivity index (χ1) is 12.1. The molecule has 3 amide bonds. The van der Waals surface area contributed by atoms with Gasteiger partial charge in [0.05, 0.1) is 5.56 Å². The Labute approximate surface area is 151 Å². The number of pyridine rings is 1. The van der Waals surface area contributed by atoms with Crippen molar-refractivity contribution >= 4 is 23.3 Å². The molecule has 7 heteroatoms. The molecular formula is C18H22N4O2S. The van der Waals surface area contributed by atoms with Gasteiger partial charge in [-0.2, -0.15) is 0 Å². The number of carbonyl (C=O) groups is 2. The van der Waals surface area contributed by atoms with Crippen LogP contribution in [0, 0.1) is 6.92 Å². The van der Waals surface area contributed by atoms with E-state index in [2.05, 4.69) is 21.7 Å². The summed E-state index contributed by atoms with van der Waals surface area (Å²) in [6.45, 7) is 3.68. The fraction of sp³-hybridized carbons (Fsp3) is 0.389. The standard InChI is InChI=1S/C18H22N4O2S/c1-13-4-5-14(11-20-13)17(23)22-9-7-15(12-22)21-18(24)19-8-6-16-3-2-10-25-16/h2-5,10-11,15H,6-9,12H2,1H3,(H2,19,21,24). The van der Waals surface area contributed by atoms with Crippen molar-refractivity contribution in [2.24, 2.45) is 0 Å². The van der Waals surface area contributed by atoms with Gasteiger partial charge in [-0.3, -0.25) is 9.78 Å². The van der Waals surface area contributed by atoms with Crippen LogP contribution >= 0.6 is 11.3 Å².